The van der Waals surface area contributed by atoms with Crippen molar-refractivity contribution in [3.8, 4) is 0 Å². The molecule has 6 heteroatoms. The lowest BCUT2D eigenvalue weighted by Crippen LogP contribution is -2.12. The maximum Gasteiger partial charge on any atom is 0.180 e. The van der Waals surface area contributed by atoms with E-state index in [0.29, 0.717) is 17.2 Å². The number of aromatic nitrogens is 3. The van der Waals surface area contributed by atoms with Crippen molar-refractivity contribution in [3.63, 3.8) is 0 Å². The zero-order valence-electron chi connectivity index (χ0n) is 6.65. The normalized spacial score (nSPS) is 11.1. The molecule has 0 saturated heterocycles. The summed E-state index contributed by atoms with van der Waals surface area (Å²) in [6, 6.07) is 0. The summed E-state index contributed by atoms with van der Waals surface area (Å²) in [4.78, 5) is 4.04. The number of nitrogens with two attached hydrogens (primary N) is 3. The Morgan fingerprint density at radius 2 is 2.08 bits per heavy atom. The highest BCUT2D eigenvalue weighted by Crippen LogP contribution is 2.26. The first-order valence-corrected chi connectivity index (χ1v) is 3.44. The second kappa shape index (κ2) is 1.84. The van der Waals surface area contributed by atoms with E-state index in [1.807, 2.05) is 7.05 Å². The topological polar surface area (TPSA) is 101 Å². The molecule has 64 valence electrons. The van der Waals surface area contributed by atoms with Crippen LogP contribution in [0, 0.1) is 0 Å². The largest absolute Gasteiger partial charge is 0.394 e. The Balaban J connectivity index is 3.01. The maximum atomic E-state index is 5.70. The minimum Gasteiger partial charge on any atom is -0.394 e. The third kappa shape index (κ3) is 0.565. The summed E-state index contributed by atoms with van der Waals surface area (Å²) in [5.41, 5.74) is 13.1. The molecule has 12 heavy (non-hydrogen) atoms. The molecule has 6 nitrogen and oxygen atoms in total. The molecule has 2 aromatic rings. The predicted octanol–water partition coefficient (Wildman–Crippen LogP) is -0.747. The molecule has 2 heterocycles. The molecule has 0 spiro atoms. The Morgan fingerprint density at radius 3 is 2.67 bits per heavy atom. The Kier molecular flexibility index (Phi) is 1.05. The molecule has 2 aromatic heterocycles. The van der Waals surface area contributed by atoms with E-state index in [-0.39, 0.29) is 0 Å². The lowest BCUT2D eigenvalue weighted by atomic mass is 10.4. The van der Waals surface area contributed by atoms with E-state index < -0.39 is 0 Å². The van der Waals surface area contributed by atoms with E-state index in [1.54, 1.807) is 10.9 Å². The summed E-state index contributed by atoms with van der Waals surface area (Å²) in [7, 11) is 1.84. The first kappa shape index (κ1) is 6.84. The van der Waals surface area contributed by atoms with Gasteiger partial charge in [-0.25, -0.2) is 9.66 Å². The fourth-order valence-corrected chi connectivity index (χ4v) is 1.27. The van der Waals surface area contributed by atoms with Gasteiger partial charge in [0.2, 0.25) is 0 Å². The van der Waals surface area contributed by atoms with Gasteiger partial charge in [0.05, 0.1) is 6.33 Å². The zero-order chi connectivity index (χ0) is 8.88. The van der Waals surface area contributed by atoms with Gasteiger partial charge in [0.15, 0.2) is 5.65 Å². The lowest BCUT2D eigenvalue weighted by Gasteiger charge is -1.95. The van der Waals surface area contributed by atoms with Crippen molar-refractivity contribution in [1.82, 2.24) is 14.2 Å². The van der Waals surface area contributed by atoms with Gasteiger partial charge in [-0.15, -0.1) is 0 Å². The maximum absolute atomic E-state index is 5.70. The van der Waals surface area contributed by atoms with Crippen LogP contribution in [0.2, 0.25) is 0 Å². The van der Waals surface area contributed by atoms with Gasteiger partial charge in [0.25, 0.3) is 0 Å². The summed E-state index contributed by atoms with van der Waals surface area (Å²) >= 11 is 0. The highest BCUT2D eigenvalue weighted by molar-refractivity contribution is 5.94. The standard InChI is InChI=1S/C6H10N6/c1-11-2-10-6-4(11)3(7)5(8)12(6)9/h2H,7-9H2,1H3. The lowest BCUT2D eigenvalue weighted by molar-refractivity contribution is 0.946. The quantitative estimate of drug-likeness (QED) is 0.448. The van der Waals surface area contributed by atoms with Gasteiger partial charge in [-0.3, -0.25) is 0 Å². The second-order valence-corrected chi connectivity index (χ2v) is 2.70. The molecule has 0 unspecified atom stereocenters. The van der Waals surface area contributed by atoms with Crippen LogP contribution in [-0.2, 0) is 7.05 Å². The second-order valence-electron chi connectivity index (χ2n) is 2.70. The van der Waals surface area contributed by atoms with E-state index >= 15 is 0 Å². The number of nitrogen functional groups attached to an aromatic ring is 3. The van der Waals surface area contributed by atoms with E-state index in [2.05, 4.69) is 4.98 Å². The van der Waals surface area contributed by atoms with Crippen molar-refractivity contribution < 1.29 is 0 Å². The number of imidazole rings is 1. The van der Waals surface area contributed by atoms with Crippen LogP contribution < -0.4 is 17.3 Å². The Labute approximate surface area is 68.5 Å². The molecule has 0 aliphatic carbocycles. The number of hydrogen-bond donors (Lipinski definition) is 3. The number of hydrogen-bond acceptors (Lipinski definition) is 4. The average Bonchev–Trinajstić information content (AvgIpc) is 2.51. The summed E-state index contributed by atoms with van der Waals surface area (Å²) in [5.74, 6) is 5.94. The first-order chi connectivity index (χ1) is 5.63. The van der Waals surface area contributed by atoms with Crippen LogP contribution in [-0.4, -0.2) is 14.2 Å². The summed E-state index contributed by atoms with van der Waals surface area (Å²) in [6.45, 7) is 0. The summed E-state index contributed by atoms with van der Waals surface area (Å²) in [5, 5.41) is 0. The van der Waals surface area contributed by atoms with Crippen LogP contribution in [0.15, 0.2) is 6.33 Å². The van der Waals surface area contributed by atoms with Crippen molar-refractivity contribution in [2.75, 3.05) is 17.3 Å². The number of anilines is 2. The van der Waals surface area contributed by atoms with Gasteiger partial charge in [-0.2, -0.15) is 0 Å². The number of nitrogens with zero attached hydrogens (tertiary/aromatic N) is 3. The van der Waals surface area contributed by atoms with Crippen molar-refractivity contribution >= 4 is 22.7 Å². The van der Waals surface area contributed by atoms with Crippen LogP contribution in [0.5, 0.6) is 0 Å². The monoisotopic (exact) mass is 166 g/mol. The van der Waals surface area contributed by atoms with E-state index in [9.17, 15) is 0 Å². The average molecular weight is 166 g/mol. The Bertz CT molecular complexity index is 436. The van der Waals surface area contributed by atoms with E-state index in [4.69, 9.17) is 17.3 Å². The summed E-state index contributed by atoms with van der Waals surface area (Å²) in [6.07, 6.45) is 1.64. The minimum atomic E-state index is 0.351. The van der Waals surface area contributed by atoms with Crippen LogP contribution in [0.25, 0.3) is 11.2 Å². The molecule has 6 N–H and O–H groups in total. The highest BCUT2D eigenvalue weighted by Gasteiger charge is 2.13. The third-order valence-corrected chi connectivity index (χ3v) is 1.94. The molecule has 0 radical (unpaired) electrons. The molecule has 0 amide bonds. The molecule has 0 fully saturated rings. The van der Waals surface area contributed by atoms with Crippen LogP contribution in [0.4, 0.5) is 11.5 Å². The fourth-order valence-electron chi connectivity index (χ4n) is 1.27. The van der Waals surface area contributed by atoms with Crippen molar-refractivity contribution in [2.24, 2.45) is 7.05 Å². The SMILES string of the molecule is Cn1cnc2c1c(N)c(N)n2N. The van der Waals surface area contributed by atoms with Gasteiger partial charge >= 0.3 is 0 Å². The summed E-state index contributed by atoms with van der Waals surface area (Å²) < 4.78 is 3.06. The number of aryl methyl sites for hydroxylation is 1. The van der Waals surface area contributed by atoms with Gasteiger partial charge in [0, 0.05) is 7.05 Å². The van der Waals surface area contributed by atoms with Gasteiger partial charge < -0.3 is 21.9 Å². The predicted molar refractivity (Wildman–Crippen MR) is 47.7 cm³/mol. The van der Waals surface area contributed by atoms with Crippen LogP contribution >= 0.6 is 0 Å². The molecular formula is C6H10N6. The molecule has 0 aliphatic heterocycles. The van der Waals surface area contributed by atoms with Crippen molar-refractivity contribution in [3.05, 3.63) is 6.33 Å². The van der Waals surface area contributed by atoms with Gasteiger partial charge in [-0.1, -0.05) is 0 Å². The molecule has 2 rings (SSSR count). The van der Waals surface area contributed by atoms with E-state index in [1.165, 1.54) is 4.68 Å². The molecule has 0 aliphatic rings. The Morgan fingerprint density at radius 1 is 1.42 bits per heavy atom. The Hall–Kier alpha value is -1.85. The van der Waals surface area contributed by atoms with Gasteiger partial charge in [0.1, 0.15) is 17.0 Å². The molecular weight excluding hydrogens is 156 g/mol. The zero-order valence-corrected chi connectivity index (χ0v) is 6.65. The highest BCUT2D eigenvalue weighted by atomic mass is 15.4. The van der Waals surface area contributed by atoms with Crippen LogP contribution in [0.1, 0.15) is 0 Å². The molecule has 0 aromatic carbocycles. The van der Waals surface area contributed by atoms with Crippen LogP contribution in [0.3, 0.4) is 0 Å². The van der Waals surface area contributed by atoms with Gasteiger partial charge in [-0.05, 0) is 0 Å². The number of rotatable bonds is 0. The number of fused-ring (bicyclic) bond motifs is 1. The minimum absolute atomic E-state index is 0.351. The first-order valence-electron chi connectivity index (χ1n) is 3.44. The van der Waals surface area contributed by atoms with Crippen molar-refractivity contribution in [1.29, 1.82) is 0 Å². The molecule has 0 atom stereocenters. The smallest absolute Gasteiger partial charge is 0.180 e. The fraction of sp³-hybridized carbons (Fsp3) is 0.167. The third-order valence-electron chi connectivity index (χ3n) is 1.94. The van der Waals surface area contributed by atoms with E-state index in [0.717, 1.165) is 5.52 Å². The molecule has 0 bridgehead atoms. The van der Waals surface area contributed by atoms with Crippen molar-refractivity contribution in [2.45, 2.75) is 0 Å². The molecule has 0 saturated carbocycles.